The summed E-state index contributed by atoms with van der Waals surface area (Å²) in [6.07, 6.45) is 1.25. The molecule has 0 aliphatic carbocycles. The van der Waals surface area contributed by atoms with E-state index >= 15 is 0 Å². The molecule has 2 heteroatoms. The minimum Gasteiger partial charge on any atom is -0.373 e. The van der Waals surface area contributed by atoms with Gasteiger partial charge in [-0.1, -0.05) is 54.6 Å². The molecule has 1 heterocycles. The molecular formula is C17H19NO. The summed E-state index contributed by atoms with van der Waals surface area (Å²) in [4.78, 5) is 0. The Morgan fingerprint density at radius 3 is 2.32 bits per heavy atom. The number of ether oxygens (including phenoxy) is 1. The van der Waals surface area contributed by atoms with E-state index in [2.05, 4.69) is 48.5 Å². The van der Waals surface area contributed by atoms with Gasteiger partial charge in [0.1, 0.15) is 0 Å². The Hall–Kier alpha value is -1.64. The Kier molecular flexibility index (Phi) is 3.62. The smallest absolute Gasteiger partial charge is 0.0865 e. The van der Waals surface area contributed by atoms with Crippen LogP contribution in [-0.4, -0.2) is 13.2 Å². The maximum absolute atomic E-state index is 5.81. The molecule has 2 aromatic rings. The lowest BCUT2D eigenvalue weighted by Gasteiger charge is -2.17. The second kappa shape index (κ2) is 5.55. The molecule has 1 fully saturated rings. The summed E-state index contributed by atoms with van der Waals surface area (Å²) in [5.41, 5.74) is 9.53. The van der Waals surface area contributed by atoms with Crippen LogP contribution in [0.1, 0.15) is 18.1 Å². The van der Waals surface area contributed by atoms with Crippen molar-refractivity contribution in [2.45, 2.75) is 12.5 Å². The number of nitrogens with two attached hydrogens (primary N) is 1. The van der Waals surface area contributed by atoms with Crippen LogP contribution in [-0.2, 0) is 4.74 Å². The molecule has 0 saturated carbocycles. The number of hydrogen-bond donors (Lipinski definition) is 1. The molecule has 1 aliphatic rings. The van der Waals surface area contributed by atoms with Crippen LogP contribution in [0.2, 0.25) is 0 Å². The zero-order valence-corrected chi connectivity index (χ0v) is 11.0. The molecule has 2 N–H and O–H groups in total. The third kappa shape index (κ3) is 2.55. The van der Waals surface area contributed by atoms with Crippen LogP contribution >= 0.6 is 0 Å². The van der Waals surface area contributed by atoms with Gasteiger partial charge in [0.25, 0.3) is 0 Å². The summed E-state index contributed by atoms with van der Waals surface area (Å²) < 4.78 is 5.81. The molecule has 2 unspecified atom stereocenters. The number of rotatable bonds is 3. The van der Waals surface area contributed by atoms with Crippen molar-refractivity contribution in [3.8, 4) is 11.1 Å². The van der Waals surface area contributed by atoms with Gasteiger partial charge < -0.3 is 10.5 Å². The average Bonchev–Trinajstić information content (AvgIpc) is 2.97. The van der Waals surface area contributed by atoms with Gasteiger partial charge >= 0.3 is 0 Å². The third-order valence-electron chi connectivity index (χ3n) is 3.86. The molecular weight excluding hydrogens is 234 g/mol. The zero-order valence-electron chi connectivity index (χ0n) is 11.0. The van der Waals surface area contributed by atoms with Gasteiger partial charge in [0.15, 0.2) is 0 Å². The molecule has 2 atom stereocenters. The van der Waals surface area contributed by atoms with Crippen LogP contribution in [0.25, 0.3) is 11.1 Å². The van der Waals surface area contributed by atoms with Crippen LogP contribution in [0, 0.1) is 5.92 Å². The van der Waals surface area contributed by atoms with Crippen molar-refractivity contribution in [1.82, 2.24) is 0 Å². The predicted molar refractivity (Wildman–Crippen MR) is 77.7 cm³/mol. The molecule has 2 nitrogen and oxygen atoms in total. The highest BCUT2D eigenvalue weighted by Gasteiger charge is 2.28. The molecule has 2 aromatic carbocycles. The fourth-order valence-electron chi connectivity index (χ4n) is 2.74. The highest BCUT2D eigenvalue weighted by molar-refractivity contribution is 5.63. The molecule has 19 heavy (non-hydrogen) atoms. The van der Waals surface area contributed by atoms with Crippen molar-refractivity contribution < 1.29 is 4.74 Å². The van der Waals surface area contributed by atoms with Gasteiger partial charge in [-0.25, -0.2) is 0 Å². The Morgan fingerprint density at radius 1 is 0.947 bits per heavy atom. The van der Waals surface area contributed by atoms with Crippen molar-refractivity contribution in [3.63, 3.8) is 0 Å². The van der Waals surface area contributed by atoms with Crippen molar-refractivity contribution in [1.29, 1.82) is 0 Å². The molecule has 1 aliphatic heterocycles. The lowest BCUT2D eigenvalue weighted by molar-refractivity contribution is 0.0925. The van der Waals surface area contributed by atoms with E-state index in [-0.39, 0.29) is 6.10 Å². The fraction of sp³-hybridized carbons (Fsp3) is 0.294. The van der Waals surface area contributed by atoms with Crippen LogP contribution in [0.15, 0.2) is 54.6 Å². The van der Waals surface area contributed by atoms with E-state index in [4.69, 9.17) is 10.5 Å². The van der Waals surface area contributed by atoms with Crippen LogP contribution in [0.5, 0.6) is 0 Å². The Bertz CT molecular complexity index is 521. The van der Waals surface area contributed by atoms with Crippen molar-refractivity contribution in [2.24, 2.45) is 11.7 Å². The standard InChI is InChI=1S/C17H19NO/c18-12-16-10-11-19-17(16)15-8-6-14(7-9-15)13-4-2-1-3-5-13/h1-9,16-17H,10-12,18H2. The van der Waals surface area contributed by atoms with E-state index in [1.54, 1.807) is 0 Å². The molecule has 0 bridgehead atoms. The third-order valence-corrected chi connectivity index (χ3v) is 3.86. The van der Waals surface area contributed by atoms with Gasteiger partial charge in [0, 0.05) is 12.5 Å². The molecule has 0 spiro atoms. The minimum atomic E-state index is 0.176. The van der Waals surface area contributed by atoms with Gasteiger partial charge in [0.2, 0.25) is 0 Å². The van der Waals surface area contributed by atoms with E-state index in [0.29, 0.717) is 12.5 Å². The highest BCUT2D eigenvalue weighted by atomic mass is 16.5. The lowest BCUT2D eigenvalue weighted by Crippen LogP contribution is -2.17. The molecule has 98 valence electrons. The molecule has 0 aromatic heterocycles. The maximum atomic E-state index is 5.81. The summed E-state index contributed by atoms with van der Waals surface area (Å²) in [5, 5.41) is 0. The monoisotopic (exact) mass is 253 g/mol. The maximum Gasteiger partial charge on any atom is 0.0865 e. The first-order valence-corrected chi connectivity index (χ1v) is 6.85. The zero-order chi connectivity index (χ0) is 13.1. The first-order chi connectivity index (χ1) is 9.38. The number of hydrogen-bond acceptors (Lipinski definition) is 2. The van der Waals surface area contributed by atoms with E-state index in [0.717, 1.165) is 13.0 Å². The first kappa shape index (κ1) is 12.4. The predicted octanol–water partition coefficient (Wildman–Crippen LogP) is 3.39. The molecule has 0 radical (unpaired) electrons. The quantitative estimate of drug-likeness (QED) is 0.910. The minimum absolute atomic E-state index is 0.176. The second-order valence-corrected chi connectivity index (χ2v) is 5.06. The second-order valence-electron chi connectivity index (χ2n) is 5.06. The molecule has 3 rings (SSSR count). The van der Waals surface area contributed by atoms with Gasteiger partial charge in [-0.3, -0.25) is 0 Å². The summed E-state index contributed by atoms with van der Waals surface area (Å²) in [6, 6.07) is 19.1. The van der Waals surface area contributed by atoms with Gasteiger partial charge in [-0.2, -0.15) is 0 Å². The Labute approximate surface area is 114 Å². The van der Waals surface area contributed by atoms with Crippen molar-refractivity contribution in [2.75, 3.05) is 13.2 Å². The van der Waals surface area contributed by atoms with E-state index in [9.17, 15) is 0 Å². The Balaban J connectivity index is 1.83. The van der Waals surface area contributed by atoms with Gasteiger partial charge in [-0.15, -0.1) is 0 Å². The Morgan fingerprint density at radius 2 is 1.63 bits per heavy atom. The van der Waals surface area contributed by atoms with Crippen LogP contribution < -0.4 is 5.73 Å². The van der Waals surface area contributed by atoms with Crippen LogP contribution in [0.3, 0.4) is 0 Å². The van der Waals surface area contributed by atoms with E-state index in [1.807, 2.05) is 6.07 Å². The summed E-state index contributed by atoms with van der Waals surface area (Å²) in [5.74, 6) is 0.461. The summed E-state index contributed by atoms with van der Waals surface area (Å²) in [7, 11) is 0. The van der Waals surface area contributed by atoms with E-state index in [1.165, 1.54) is 16.7 Å². The number of benzene rings is 2. The van der Waals surface area contributed by atoms with Crippen LogP contribution in [0.4, 0.5) is 0 Å². The fourth-order valence-corrected chi connectivity index (χ4v) is 2.74. The van der Waals surface area contributed by atoms with Gasteiger partial charge in [-0.05, 0) is 29.7 Å². The largest absolute Gasteiger partial charge is 0.373 e. The highest BCUT2D eigenvalue weighted by Crippen LogP contribution is 2.34. The average molecular weight is 253 g/mol. The topological polar surface area (TPSA) is 35.2 Å². The lowest BCUT2D eigenvalue weighted by atomic mass is 9.94. The van der Waals surface area contributed by atoms with Gasteiger partial charge in [0.05, 0.1) is 6.10 Å². The van der Waals surface area contributed by atoms with Crippen molar-refractivity contribution >= 4 is 0 Å². The molecule has 0 amide bonds. The van der Waals surface area contributed by atoms with E-state index < -0.39 is 0 Å². The summed E-state index contributed by atoms with van der Waals surface area (Å²) in [6.45, 7) is 1.53. The van der Waals surface area contributed by atoms with Crippen molar-refractivity contribution in [3.05, 3.63) is 60.2 Å². The SMILES string of the molecule is NCC1CCOC1c1ccc(-c2ccccc2)cc1. The molecule has 1 saturated heterocycles. The normalized spacial score (nSPS) is 22.6. The first-order valence-electron chi connectivity index (χ1n) is 6.85. The summed E-state index contributed by atoms with van der Waals surface area (Å²) >= 11 is 0.